The third-order valence-corrected chi connectivity index (χ3v) is 3.08. The zero-order valence-corrected chi connectivity index (χ0v) is 8.55. The first-order valence-electron chi connectivity index (χ1n) is 5.58. The van der Waals surface area contributed by atoms with Crippen molar-refractivity contribution in [2.75, 3.05) is 32.7 Å². The van der Waals surface area contributed by atoms with Crippen LogP contribution < -0.4 is 10.6 Å². The van der Waals surface area contributed by atoms with E-state index in [9.17, 15) is 0 Å². The molecule has 1 aliphatic carbocycles. The minimum Gasteiger partial charge on any atom is -0.314 e. The molecule has 0 atom stereocenters. The van der Waals surface area contributed by atoms with Gasteiger partial charge in [0.05, 0.1) is 0 Å². The first kappa shape index (κ1) is 9.44. The molecule has 3 heteroatoms. The van der Waals surface area contributed by atoms with Crippen LogP contribution in [0.4, 0.5) is 0 Å². The van der Waals surface area contributed by atoms with Gasteiger partial charge in [-0.1, -0.05) is 6.92 Å². The second kappa shape index (κ2) is 4.40. The summed E-state index contributed by atoms with van der Waals surface area (Å²) in [6, 6.07) is 1.67. The van der Waals surface area contributed by atoms with Crippen molar-refractivity contribution in [2.24, 2.45) is 0 Å². The molecule has 13 heavy (non-hydrogen) atoms. The Morgan fingerprint density at radius 2 is 2.15 bits per heavy atom. The Bertz CT molecular complexity index is 152. The van der Waals surface area contributed by atoms with Crippen LogP contribution in [-0.2, 0) is 0 Å². The van der Waals surface area contributed by atoms with Crippen LogP contribution in [0.3, 0.4) is 0 Å². The topological polar surface area (TPSA) is 27.3 Å². The van der Waals surface area contributed by atoms with Crippen molar-refractivity contribution < 1.29 is 0 Å². The second-order valence-corrected chi connectivity index (χ2v) is 4.17. The smallest absolute Gasteiger partial charge is 0.0318 e. The molecule has 0 spiro atoms. The normalized spacial score (nSPS) is 23.5. The van der Waals surface area contributed by atoms with Gasteiger partial charge in [0.25, 0.3) is 0 Å². The van der Waals surface area contributed by atoms with Crippen molar-refractivity contribution in [3.8, 4) is 0 Å². The van der Waals surface area contributed by atoms with Gasteiger partial charge in [-0.05, 0) is 19.4 Å². The monoisotopic (exact) mass is 183 g/mol. The zero-order valence-electron chi connectivity index (χ0n) is 8.55. The first-order valence-corrected chi connectivity index (χ1v) is 5.58. The molecule has 3 nitrogen and oxygen atoms in total. The summed E-state index contributed by atoms with van der Waals surface area (Å²) >= 11 is 0. The summed E-state index contributed by atoms with van der Waals surface area (Å²) in [7, 11) is 0. The Hall–Kier alpha value is -0.120. The summed E-state index contributed by atoms with van der Waals surface area (Å²) in [5.41, 5.74) is 0. The Kier molecular flexibility index (Phi) is 3.19. The molecule has 76 valence electrons. The molecule has 2 aliphatic rings. The van der Waals surface area contributed by atoms with Crippen molar-refractivity contribution in [3.63, 3.8) is 0 Å². The first-order chi connectivity index (χ1) is 6.40. The van der Waals surface area contributed by atoms with Crippen molar-refractivity contribution >= 4 is 0 Å². The highest BCUT2D eigenvalue weighted by Gasteiger charge is 2.27. The fourth-order valence-corrected chi connectivity index (χ4v) is 1.88. The van der Waals surface area contributed by atoms with Gasteiger partial charge in [-0.15, -0.1) is 0 Å². The van der Waals surface area contributed by atoms with E-state index in [1.807, 2.05) is 0 Å². The molecule has 1 aliphatic heterocycles. The predicted molar refractivity (Wildman–Crippen MR) is 54.9 cm³/mol. The highest BCUT2D eigenvalue weighted by atomic mass is 15.2. The van der Waals surface area contributed by atoms with Crippen LogP contribution in [0.2, 0.25) is 0 Å². The van der Waals surface area contributed by atoms with Crippen molar-refractivity contribution in [3.05, 3.63) is 0 Å². The summed E-state index contributed by atoms with van der Waals surface area (Å²) in [5.74, 6) is 0. The molecule has 0 radical (unpaired) electrons. The third kappa shape index (κ3) is 2.66. The highest BCUT2D eigenvalue weighted by Crippen LogP contribution is 2.25. The van der Waals surface area contributed by atoms with E-state index in [2.05, 4.69) is 22.5 Å². The minimum absolute atomic E-state index is 0.748. The average Bonchev–Trinajstić information content (AvgIpc) is 2.84. The van der Waals surface area contributed by atoms with Gasteiger partial charge >= 0.3 is 0 Å². The molecule has 1 saturated carbocycles. The number of hydrogen-bond donors (Lipinski definition) is 2. The lowest BCUT2D eigenvalue weighted by molar-refractivity contribution is 0.262. The molecule has 0 amide bonds. The molecule has 0 aromatic heterocycles. The fraction of sp³-hybridized carbons (Fsp3) is 1.00. The van der Waals surface area contributed by atoms with Gasteiger partial charge in [-0.25, -0.2) is 0 Å². The van der Waals surface area contributed by atoms with Crippen LogP contribution in [0.25, 0.3) is 0 Å². The summed E-state index contributed by atoms with van der Waals surface area (Å²) in [5, 5.41) is 6.83. The largest absolute Gasteiger partial charge is 0.314 e. The molecule has 1 saturated heterocycles. The van der Waals surface area contributed by atoms with E-state index < -0.39 is 0 Å². The van der Waals surface area contributed by atoms with Crippen LogP contribution in [0.5, 0.6) is 0 Å². The van der Waals surface area contributed by atoms with Crippen LogP contribution in [0, 0.1) is 0 Å². The average molecular weight is 183 g/mol. The van der Waals surface area contributed by atoms with Gasteiger partial charge < -0.3 is 10.6 Å². The lowest BCUT2D eigenvalue weighted by atomic mass is 10.2. The van der Waals surface area contributed by atoms with Crippen LogP contribution in [0.15, 0.2) is 0 Å². The van der Waals surface area contributed by atoms with Gasteiger partial charge in [-0.2, -0.15) is 0 Å². The molecule has 2 N–H and O–H groups in total. The molecule has 0 bridgehead atoms. The Morgan fingerprint density at radius 1 is 1.38 bits per heavy atom. The Morgan fingerprint density at radius 3 is 2.62 bits per heavy atom. The fourth-order valence-electron chi connectivity index (χ4n) is 1.88. The molecular weight excluding hydrogens is 162 g/mol. The van der Waals surface area contributed by atoms with Gasteiger partial charge in [0.2, 0.25) is 0 Å². The summed E-state index contributed by atoms with van der Waals surface area (Å²) in [6.45, 7) is 8.21. The number of likely N-dealkylation sites (N-methyl/N-ethyl adjacent to an activating group) is 1. The molecule has 0 aromatic carbocycles. The number of hydrogen-bond acceptors (Lipinski definition) is 3. The van der Waals surface area contributed by atoms with E-state index in [1.54, 1.807) is 0 Å². The van der Waals surface area contributed by atoms with Crippen molar-refractivity contribution in [2.45, 2.75) is 31.8 Å². The standard InChI is InChI=1S/C10H21N3/c1-2-13(10-3-4-10)6-5-12-9-7-11-8-9/h9-12H,2-8H2,1H3. The number of nitrogens with one attached hydrogen (secondary N) is 2. The summed E-state index contributed by atoms with van der Waals surface area (Å²) in [6.07, 6.45) is 2.86. The molecule has 1 heterocycles. The summed E-state index contributed by atoms with van der Waals surface area (Å²) < 4.78 is 0. The quantitative estimate of drug-likeness (QED) is 0.608. The third-order valence-electron chi connectivity index (χ3n) is 3.08. The van der Waals surface area contributed by atoms with E-state index >= 15 is 0 Å². The lowest BCUT2D eigenvalue weighted by Gasteiger charge is -2.29. The van der Waals surface area contributed by atoms with Crippen LogP contribution in [-0.4, -0.2) is 49.7 Å². The van der Waals surface area contributed by atoms with Crippen LogP contribution in [0.1, 0.15) is 19.8 Å². The van der Waals surface area contributed by atoms with Gasteiger partial charge in [0, 0.05) is 38.3 Å². The minimum atomic E-state index is 0.748. The maximum atomic E-state index is 3.56. The summed E-state index contributed by atoms with van der Waals surface area (Å²) in [4.78, 5) is 2.60. The molecule has 2 fully saturated rings. The maximum absolute atomic E-state index is 3.56. The molecule has 0 aromatic rings. The molecule has 0 unspecified atom stereocenters. The van der Waals surface area contributed by atoms with E-state index in [0.29, 0.717) is 0 Å². The Balaban J connectivity index is 1.54. The van der Waals surface area contributed by atoms with E-state index in [4.69, 9.17) is 0 Å². The predicted octanol–water partition coefficient (Wildman–Crippen LogP) is 0.0321. The van der Waals surface area contributed by atoms with Gasteiger partial charge in [-0.3, -0.25) is 4.90 Å². The maximum Gasteiger partial charge on any atom is 0.0318 e. The second-order valence-electron chi connectivity index (χ2n) is 4.17. The molecular formula is C10H21N3. The highest BCUT2D eigenvalue weighted by molar-refractivity contribution is 4.85. The van der Waals surface area contributed by atoms with E-state index in [-0.39, 0.29) is 0 Å². The lowest BCUT2D eigenvalue weighted by Crippen LogP contribution is -2.56. The van der Waals surface area contributed by atoms with E-state index in [0.717, 1.165) is 31.7 Å². The van der Waals surface area contributed by atoms with E-state index in [1.165, 1.54) is 25.9 Å². The van der Waals surface area contributed by atoms with Crippen molar-refractivity contribution in [1.82, 2.24) is 15.5 Å². The molecule has 2 rings (SSSR count). The SMILES string of the molecule is CCN(CCNC1CNC1)C1CC1. The number of rotatable bonds is 6. The number of nitrogens with zero attached hydrogens (tertiary/aromatic N) is 1. The Labute approximate surface area is 80.9 Å². The van der Waals surface area contributed by atoms with Crippen LogP contribution >= 0.6 is 0 Å². The van der Waals surface area contributed by atoms with Gasteiger partial charge in [0.15, 0.2) is 0 Å². The van der Waals surface area contributed by atoms with Gasteiger partial charge in [0.1, 0.15) is 0 Å². The zero-order chi connectivity index (χ0) is 9.10. The van der Waals surface area contributed by atoms with Crippen molar-refractivity contribution in [1.29, 1.82) is 0 Å².